The number of aromatic nitrogens is 1. The van der Waals surface area contributed by atoms with Crippen molar-refractivity contribution in [1.29, 1.82) is 0 Å². The highest BCUT2D eigenvalue weighted by Gasteiger charge is 2.03. The SMILES string of the molecule is CC(C)=CCOc1ccc2[nH]cc(C=O)c2c1. The van der Waals surface area contributed by atoms with E-state index in [-0.39, 0.29) is 0 Å². The summed E-state index contributed by atoms with van der Waals surface area (Å²) in [5.41, 5.74) is 2.83. The van der Waals surface area contributed by atoms with Gasteiger partial charge in [-0.3, -0.25) is 4.79 Å². The monoisotopic (exact) mass is 229 g/mol. The smallest absolute Gasteiger partial charge is 0.152 e. The Morgan fingerprint density at radius 3 is 2.94 bits per heavy atom. The lowest BCUT2D eigenvalue weighted by atomic mass is 10.2. The quantitative estimate of drug-likeness (QED) is 0.645. The maximum atomic E-state index is 10.8. The molecule has 1 aromatic heterocycles. The topological polar surface area (TPSA) is 42.1 Å². The molecule has 0 aliphatic carbocycles. The molecule has 0 aliphatic heterocycles. The molecule has 2 aromatic rings. The zero-order valence-corrected chi connectivity index (χ0v) is 9.99. The molecule has 0 saturated carbocycles. The molecule has 0 saturated heterocycles. The predicted molar refractivity (Wildman–Crippen MR) is 68.6 cm³/mol. The Labute approximate surface area is 100 Å². The van der Waals surface area contributed by atoms with Crippen LogP contribution in [0, 0.1) is 0 Å². The van der Waals surface area contributed by atoms with Crippen molar-refractivity contribution in [3.8, 4) is 5.75 Å². The molecule has 0 unspecified atom stereocenters. The molecule has 3 heteroatoms. The van der Waals surface area contributed by atoms with E-state index < -0.39 is 0 Å². The van der Waals surface area contributed by atoms with Crippen molar-refractivity contribution in [3.63, 3.8) is 0 Å². The highest BCUT2D eigenvalue weighted by atomic mass is 16.5. The molecule has 0 bridgehead atoms. The maximum absolute atomic E-state index is 10.8. The molecule has 0 fully saturated rings. The molecule has 88 valence electrons. The number of carbonyl (C=O) groups excluding carboxylic acids is 1. The Balaban J connectivity index is 2.24. The summed E-state index contributed by atoms with van der Waals surface area (Å²) in [5, 5.41) is 0.898. The van der Waals surface area contributed by atoms with Crippen LogP contribution in [0.15, 0.2) is 36.0 Å². The van der Waals surface area contributed by atoms with Crippen molar-refractivity contribution in [2.24, 2.45) is 0 Å². The van der Waals surface area contributed by atoms with Gasteiger partial charge < -0.3 is 9.72 Å². The highest BCUT2D eigenvalue weighted by Crippen LogP contribution is 2.22. The van der Waals surface area contributed by atoms with Gasteiger partial charge in [0.1, 0.15) is 12.4 Å². The largest absolute Gasteiger partial charge is 0.490 e. The van der Waals surface area contributed by atoms with E-state index in [2.05, 4.69) is 4.98 Å². The van der Waals surface area contributed by atoms with E-state index in [1.54, 1.807) is 6.20 Å². The number of H-pyrrole nitrogens is 1. The van der Waals surface area contributed by atoms with Crippen LogP contribution in [-0.4, -0.2) is 17.9 Å². The average molecular weight is 229 g/mol. The molecule has 0 radical (unpaired) electrons. The first-order chi connectivity index (χ1) is 8.20. The molecular weight excluding hydrogens is 214 g/mol. The third-order valence-electron chi connectivity index (χ3n) is 2.55. The molecule has 1 aromatic carbocycles. The third kappa shape index (κ3) is 2.56. The van der Waals surface area contributed by atoms with Crippen LogP contribution in [0.2, 0.25) is 0 Å². The number of aromatic amines is 1. The molecule has 1 N–H and O–H groups in total. The minimum absolute atomic E-state index is 0.550. The fraction of sp³-hybridized carbons (Fsp3) is 0.214. The van der Waals surface area contributed by atoms with Gasteiger partial charge in [-0.25, -0.2) is 0 Å². The Morgan fingerprint density at radius 1 is 1.41 bits per heavy atom. The second-order valence-corrected chi connectivity index (χ2v) is 4.16. The van der Waals surface area contributed by atoms with Gasteiger partial charge in [-0.15, -0.1) is 0 Å². The second kappa shape index (κ2) is 4.87. The van der Waals surface area contributed by atoms with Gasteiger partial charge in [0.15, 0.2) is 6.29 Å². The number of ether oxygens (including phenoxy) is 1. The van der Waals surface area contributed by atoms with E-state index in [0.29, 0.717) is 12.2 Å². The molecule has 0 atom stereocenters. The van der Waals surface area contributed by atoms with Crippen LogP contribution in [0.5, 0.6) is 5.75 Å². The van der Waals surface area contributed by atoms with Crippen LogP contribution in [0.4, 0.5) is 0 Å². The van der Waals surface area contributed by atoms with E-state index in [4.69, 9.17) is 4.74 Å². The molecule has 0 spiro atoms. The molecule has 17 heavy (non-hydrogen) atoms. The van der Waals surface area contributed by atoms with E-state index in [1.807, 2.05) is 38.1 Å². The summed E-state index contributed by atoms with van der Waals surface area (Å²) < 4.78 is 5.59. The van der Waals surface area contributed by atoms with Crippen molar-refractivity contribution < 1.29 is 9.53 Å². The molecule has 0 amide bonds. The van der Waals surface area contributed by atoms with Crippen LogP contribution < -0.4 is 4.74 Å². The predicted octanol–water partition coefficient (Wildman–Crippen LogP) is 3.33. The number of aldehydes is 1. The molecular formula is C14H15NO2. The first-order valence-electron chi connectivity index (χ1n) is 5.53. The molecule has 1 heterocycles. The van der Waals surface area contributed by atoms with Gasteiger partial charge in [0.2, 0.25) is 0 Å². The Hall–Kier alpha value is -2.03. The highest BCUT2D eigenvalue weighted by molar-refractivity contribution is 5.97. The fourth-order valence-electron chi connectivity index (χ4n) is 1.61. The second-order valence-electron chi connectivity index (χ2n) is 4.16. The minimum atomic E-state index is 0.550. The molecule has 3 nitrogen and oxygen atoms in total. The zero-order chi connectivity index (χ0) is 12.3. The van der Waals surface area contributed by atoms with Gasteiger partial charge in [0.25, 0.3) is 0 Å². The van der Waals surface area contributed by atoms with Crippen LogP contribution in [0.3, 0.4) is 0 Å². The maximum Gasteiger partial charge on any atom is 0.152 e. The number of fused-ring (bicyclic) bond motifs is 1. The first-order valence-corrected chi connectivity index (χ1v) is 5.53. The lowest BCUT2D eigenvalue weighted by Gasteiger charge is -2.03. The summed E-state index contributed by atoms with van der Waals surface area (Å²) in [6, 6.07) is 5.70. The number of nitrogens with one attached hydrogen (secondary N) is 1. The Kier molecular flexibility index (Phi) is 3.28. The standard InChI is InChI=1S/C14H15NO2/c1-10(2)5-6-17-12-3-4-14-13(7-12)11(9-16)8-15-14/h3-5,7-9,15H,6H2,1-2H3. The fourth-order valence-corrected chi connectivity index (χ4v) is 1.61. The van der Waals surface area contributed by atoms with E-state index in [0.717, 1.165) is 22.9 Å². The van der Waals surface area contributed by atoms with Crippen molar-refractivity contribution in [2.75, 3.05) is 6.61 Å². The minimum Gasteiger partial charge on any atom is -0.490 e. The van der Waals surface area contributed by atoms with Crippen molar-refractivity contribution in [1.82, 2.24) is 4.98 Å². The lowest BCUT2D eigenvalue weighted by Crippen LogP contribution is -1.93. The van der Waals surface area contributed by atoms with E-state index in [1.165, 1.54) is 5.57 Å². The number of carbonyl (C=O) groups is 1. The van der Waals surface area contributed by atoms with Crippen molar-refractivity contribution in [3.05, 3.63) is 41.6 Å². The van der Waals surface area contributed by atoms with Crippen LogP contribution >= 0.6 is 0 Å². The number of hydrogen-bond donors (Lipinski definition) is 1. The summed E-state index contributed by atoms with van der Waals surface area (Å²) >= 11 is 0. The van der Waals surface area contributed by atoms with Crippen LogP contribution in [0.25, 0.3) is 10.9 Å². The molecule has 0 aliphatic rings. The van der Waals surface area contributed by atoms with Crippen LogP contribution in [-0.2, 0) is 0 Å². The van der Waals surface area contributed by atoms with Gasteiger partial charge in [-0.05, 0) is 38.1 Å². The number of hydrogen-bond acceptors (Lipinski definition) is 2. The Bertz CT molecular complexity index is 563. The van der Waals surface area contributed by atoms with Crippen molar-refractivity contribution >= 4 is 17.2 Å². The number of rotatable bonds is 4. The van der Waals surface area contributed by atoms with Gasteiger partial charge in [0.05, 0.1) is 0 Å². The summed E-state index contributed by atoms with van der Waals surface area (Å²) in [7, 11) is 0. The van der Waals surface area contributed by atoms with E-state index >= 15 is 0 Å². The Morgan fingerprint density at radius 2 is 2.24 bits per heavy atom. The normalized spacial score (nSPS) is 10.2. The first kappa shape index (κ1) is 11.5. The van der Waals surface area contributed by atoms with Crippen molar-refractivity contribution in [2.45, 2.75) is 13.8 Å². The molecule has 2 rings (SSSR count). The van der Waals surface area contributed by atoms with E-state index in [9.17, 15) is 4.79 Å². The summed E-state index contributed by atoms with van der Waals surface area (Å²) in [6.07, 6.45) is 4.57. The summed E-state index contributed by atoms with van der Waals surface area (Å²) in [6.45, 7) is 4.61. The van der Waals surface area contributed by atoms with Gasteiger partial charge in [0, 0.05) is 22.7 Å². The van der Waals surface area contributed by atoms with Gasteiger partial charge >= 0.3 is 0 Å². The summed E-state index contributed by atoms with van der Waals surface area (Å²) in [5.74, 6) is 0.776. The number of allylic oxidation sites excluding steroid dienone is 1. The zero-order valence-electron chi connectivity index (χ0n) is 9.99. The number of benzene rings is 1. The van der Waals surface area contributed by atoms with Crippen LogP contribution in [0.1, 0.15) is 24.2 Å². The lowest BCUT2D eigenvalue weighted by molar-refractivity contribution is 0.112. The third-order valence-corrected chi connectivity index (χ3v) is 2.55. The van der Waals surface area contributed by atoms with Gasteiger partial charge in [-0.2, -0.15) is 0 Å². The summed E-state index contributed by atoms with van der Waals surface area (Å²) in [4.78, 5) is 13.9. The average Bonchev–Trinajstić information content (AvgIpc) is 2.70. The van der Waals surface area contributed by atoms with Gasteiger partial charge in [-0.1, -0.05) is 5.57 Å².